The molecule has 2 aliphatic heterocycles. The first kappa shape index (κ1) is 108. The van der Waals surface area contributed by atoms with E-state index in [0.29, 0.717) is 36.9 Å². The number of primary amides is 1. The molecule has 14 N–H and O–H groups in total. The zero-order valence-corrected chi connectivity index (χ0v) is 74.9. The fourth-order valence-corrected chi connectivity index (χ4v) is 15.3. The molecule has 37 heteroatoms. The van der Waals surface area contributed by atoms with E-state index in [1.54, 1.807) is 102 Å². The van der Waals surface area contributed by atoms with E-state index in [2.05, 4.69) is 31.9 Å². The van der Waals surface area contributed by atoms with Crippen LogP contribution in [0.4, 0.5) is 15.3 Å². The van der Waals surface area contributed by atoms with Crippen molar-refractivity contribution in [1.29, 1.82) is 0 Å². The molecular formula is C87H141N11O26. The van der Waals surface area contributed by atoms with Crippen molar-refractivity contribution in [3.8, 4) is 0 Å². The van der Waals surface area contributed by atoms with Crippen molar-refractivity contribution in [1.82, 2.24) is 46.2 Å². The Morgan fingerprint density at radius 1 is 0.645 bits per heavy atom. The zero-order chi connectivity index (χ0) is 92.6. The summed E-state index contributed by atoms with van der Waals surface area (Å²) in [6.07, 6.45) is -10.6. The number of nitrogens with one attached hydrogen (secondary N) is 6. The van der Waals surface area contributed by atoms with Crippen LogP contribution in [-0.4, -0.2) is 314 Å². The van der Waals surface area contributed by atoms with Crippen LogP contribution in [-0.2, 0) is 92.5 Å². The van der Waals surface area contributed by atoms with Crippen molar-refractivity contribution in [3.63, 3.8) is 0 Å². The van der Waals surface area contributed by atoms with Gasteiger partial charge in [0.2, 0.25) is 53.2 Å². The van der Waals surface area contributed by atoms with Crippen LogP contribution in [0.15, 0.2) is 54.6 Å². The number of carbonyl (C=O) groups is 13. The van der Waals surface area contributed by atoms with Crippen molar-refractivity contribution in [2.75, 3.05) is 119 Å². The number of benzene rings is 2. The number of hydrogen-bond donors (Lipinski definition) is 13. The largest absolute Gasteiger partial charge is 0.445 e. The number of ketones is 2. The molecule has 0 aliphatic carbocycles. The quantitative estimate of drug-likeness (QED) is 0.0334. The van der Waals surface area contributed by atoms with Crippen LogP contribution in [0.5, 0.6) is 0 Å². The Morgan fingerprint density at radius 3 is 1.81 bits per heavy atom. The van der Waals surface area contributed by atoms with Crippen LogP contribution >= 0.6 is 0 Å². The molecule has 0 radical (unpaired) electrons. The molecule has 2 aromatic carbocycles. The average Bonchev–Trinajstić information content (AvgIpc) is 1.30. The third-order valence-corrected chi connectivity index (χ3v) is 22.9. The van der Waals surface area contributed by atoms with Gasteiger partial charge in [-0.2, -0.15) is 0 Å². The first-order valence-electron chi connectivity index (χ1n) is 43.1. The van der Waals surface area contributed by atoms with E-state index < -0.39 is 176 Å². The van der Waals surface area contributed by atoms with Gasteiger partial charge >= 0.3 is 12.1 Å². The molecule has 2 fully saturated rings. The van der Waals surface area contributed by atoms with E-state index >= 15 is 0 Å². The second kappa shape index (κ2) is 55.7. The van der Waals surface area contributed by atoms with Crippen molar-refractivity contribution in [3.05, 3.63) is 65.7 Å². The predicted molar refractivity (Wildman–Crippen MR) is 455 cm³/mol. The number of anilines is 1. The average molecular weight is 1760 g/mol. The van der Waals surface area contributed by atoms with Gasteiger partial charge in [-0.1, -0.05) is 118 Å². The fraction of sp³-hybridized carbons (Fsp3) is 0.713. The second-order valence-corrected chi connectivity index (χ2v) is 33.3. The van der Waals surface area contributed by atoms with E-state index in [4.69, 9.17) is 38.9 Å². The molecule has 37 nitrogen and oxygen atoms in total. The van der Waals surface area contributed by atoms with E-state index in [9.17, 15) is 93.0 Å². The molecule has 4 rings (SSSR count). The molecule has 1 unspecified atom stereocenters. The number of carbonyl (C=O) groups excluding carboxylic acids is 13. The monoisotopic (exact) mass is 1760 g/mol. The molecule has 2 heterocycles. The normalized spacial score (nSPS) is 18.1. The predicted octanol–water partition coefficient (Wildman–Crippen LogP) is 2.44. The number of likely N-dealkylation sites (tertiary alicyclic amines) is 2. The Bertz CT molecular complexity index is 3680. The highest BCUT2D eigenvalue weighted by atomic mass is 16.6. The number of urea groups is 1. The summed E-state index contributed by atoms with van der Waals surface area (Å²) < 4.78 is 39.9. The number of imide groups is 1. The van der Waals surface area contributed by atoms with Crippen molar-refractivity contribution >= 4 is 82.5 Å². The van der Waals surface area contributed by atoms with Gasteiger partial charge in [-0.3, -0.25) is 57.6 Å². The number of nitrogens with zero attached hydrogens (tertiary/aromatic N) is 4. The number of ether oxygens (including phenoxy) is 7. The number of amides is 12. The number of Topliss-reactive ketones (excluding diaryl/α,β-unsaturated/α-hetero) is 2. The standard InChI is InChI=1S/C87H141N11O26/c1-16-54(8)76(69(118-14)47-73(107)97-34-21-25-64(97)80(119-15)56(10)81(111)91-57(11)77(108)59-22-18-17-19-23-59)95(12)85(115)62(51(2)3)46-66(101)75(53(6)7)96(13)87(117)124-50-58-26-28-61(29-27-58)92-82(112)60(24-20-33-89-86(88)116)45-65(100)74(52(4)5)94-83(113)63(30-31-70(104)90-48-67(102)78(109)79(110)68(103)49-99)93-71(105)32-36-120-38-40-122-42-43-123-41-39-121-37-35-98-72(106)44-55(9)84(98)114/h17-19,22-23,26-29,51-57,60,62-64,67-69,74-80,99,102-103,108-110H,16,20-21,24-25,30-50H2,1-15H3,(H,90,104)(H,91,111)(H,92,112)(H,93,105)(H,94,113)(H3,88,89,116)/t54-,55?,56+,57+,60+,62-,63+,64-,67-,68+,69+,74-,75-,76-,77+,78+,79+,80+/m0/s1. The van der Waals surface area contributed by atoms with Crippen molar-refractivity contribution in [2.24, 2.45) is 53.1 Å². The molecule has 0 spiro atoms. The smallest absolute Gasteiger partial charge is 0.410 e. The highest BCUT2D eigenvalue weighted by molar-refractivity contribution is 6.03. The third-order valence-electron chi connectivity index (χ3n) is 22.9. The van der Waals surface area contributed by atoms with Crippen LogP contribution in [0.2, 0.25) is 0 Å². The van der Waals surface area contributed by atoms with Crippen molar-refractivity contribution < 1.29 is 126 Å². The van der Waals surface area contributed by atoms with Gasteiger partial charge in [-0.05, 0) is 86.0 Å². The zero-order valence-electron chi connectivity index (χ0n) is 74.9. The van der Waals surface area contributed by atoms with Gasteiger partial charge in [-0.25, -0.2) is 9.59 Å². The lowest BCUT2D eigenvalue weighted by molar-refractivity contribution is -0.149. The molecule has 0 aromatic heterocycles. The van der Waals surface area contributed by atoms with Gasteiger partial charge < -0.3 is 116 Å². The molecule has 124 heavy (non-hydrogen) atoms. The highest BCUT2D eigenvalue weighted by Crippen LogP contribution is 2.33. The lowest BCUT2D eigenvalue weighted by Gasteiger charge is -2.41. The van der Waals surface area contributed by atoms with Crippen LogP contribution in [0.3, 0.4) is 0 Å². The summed E-state index contributed by atoms with van der Waals surface area (Å²) in [4.78, 5) is 183. The Morgan fingerprint density at radius 2 is 1.26 bits per heavy atom. The Labute approximate surface area is 728 Å². The SMILES string of the molecule is CC[C@H](C)[C@@H]([C@@H](CC(=O)N1CCC[C@H]1[C@H](OC)[C@@H](C)C(=O)N[C@H](C)[C@@H](O)c1ccccc1)OC)N(C)C(=O)[C@@H](CC(=O)[C@H](C(C)C)N(C)C(=O)OCc1ccc(NC(=O)[C@H](CCCNC(N)=O)CC(=O)[C@@H](NC(=O)[C@@H](CCC(=O)NC[C@H](O)[C@@H](O)[C@H](O)[C@H](O)CO)NC(=O)CCOCCOCCOCCOCCN2C(=O)CC(C)C2=O)C(C)C)cc1)C(C)C. The number of nitrogens with two attached hydrogens (primary N) is 1. The molecule has 700 valence electrons. The Kier molecular flexibility index (Phi) is 48.3. The van der Waals surface area contributed by atoms with E-state index in [1.807, 2.05) is 33.8 Å². The number of aliphatic hydroxyl groups excluding tert-OH is 6. The maximum atomic E-state index is 15.0. The van der Waals surface area contributed by atoms with E-state index in [0.717, 1.165) is 0 Å². The summed E-state index contributed by atoms with van der Waals surface area (Å²) >= 11 is 0. The number of aliphatic hydroxyl groups is 6. The van der Waals surface area contributed by atoms with Gasteiger partial charge in [0.25, 0.3) is 0 Å². The van der Waals surface area contributed by atoms with Gasteiger partial charge in [-0.15, -0.1) is 0 Å². The van der Waals surface area contributed by atoms with Gasteiger partial charge in [0.15, 0.2) is 11.6 Å². The summed E-state index contributed by atoms with van der Waals surface area (Å²) in [6, 6.07) is 8.92. The Balaban J connectivity index is 1.39. The van der Waals surface area contributed by atoms with Crippen molar-refractivity contribution in [2.45, 2.75) is 239 Å². The minimum absolute atomic E-state index is 0.0315. The summed E-state index contributed by atoms with van der Waals surface area (Å²) in [6.45, 7) is 19.5. The number of methoxy groups -OCH3 is 2. The summed E-state index contributed by atoms with van der Waals surface area (Å²) in [5, 5.41) is 76.5. The molecule has 2 aliphatic rings. The summed E-state index contributed by atoms with van der Waals surface area (Å²) in [7, 11) is 6.09. The minimum Gasteiger partial charge on any atom is -0.445 e. The molecule has 12 amide bonds. The highest BCUT2D eigenvalue weighted by Gasteiger charge is 2.45. The van der Waals surface area contributed by atoms with Crippen LogP contribution in [0, 0.1) is 47.3 Å². The lowest BCUT2D eigenvalue weighted by Crippen LogP contribution is -2.55. The van der Waals surface area contributed by atoms with Gasteiger partial charge in [0.1, 0.15) is 31.0 Å². The van der Waals surface area contributed by atoms with Crippen LogP contribution < -0.4 is 37.6 Å². The first-order chi connectivity index (χ1) is 58.7. The maximum absolute atomic E-state index is 15.0. The molecule has 18 atom stereocenters. The van der Waals surface area contributed by atoms with E-state index in [-0.39, 0.29) is 176 Å². The van der Waals surface area contributed by atoms with Crippen LogP contribution in [0.25, 0.3) is 0 Å². The van der Waals surface area contributed by atoms with Gasteiger partial charge in [0.05, 0.1) is 133 Å². The first-order valence-corrected chi connectivity index (χ1v) is 43.1. The number of rotatable bonds is 60. The number of likely N-dealkylation sites (N-methyl/N-ethyl adjacent to an activating group) is 2. The van der Waals surface area contributed by atoms with Gasteiger partial charge in [0, 0.05) is 103 Å². The minimum atomic E-state index is -1.99. The van der Waals surface area contributed by atoms with Crippen LogP contribution in [0.1, 0.15) is 170 Å². The summed E-state index contributed by atoms with van der Waals surface area (Å²) in [5.41, 5.74) is 6.72. The second-order valence-electron chi connectivity index (χ2n) is 33.3. The topological polar surface area (TPSA) is 519 Å². The molecule has 0 saturated carbocycles. The molecule has 2 aromatic rings. The summed E-state index contributed by atoms with van der Waals surface area (Å²) in [5.74, 6) is -9.94. The Hall–Kier alpha value is -8.73. The maximum Gasteiger partial charge on any atom is 0.410 e. The van der Waals surface area contributed by atoms with E-state index in [1.165, 1.54) is 43.2 Å². The number of hydrogen-bond acceptors (Lipinski definition) is 26. The lowest BCUT2D eigenvalue weighted by atomic mass is 9.83. The molecule has 2 saturated heterocycles. The molecular weight excluding hydrogens is 1620 g/mol. The fourth-order valence-electron chi connectivity index (χ4n) is 15.3. The third kappa shape index (κ3) is 34.9. The molecule has 0 bridgehead atoms.